The molecule has 2 saturated carbocycles. The fraction of sp³-hybridized carbons (Fsp3) is 0.583. The van der Waals surface area contributed by atoms with Crippen LogP contribution in [0.2, 0.25) is 0 Å². The lowest BCUT2D eigenvalue weighted by Gasteiger charge is -2.54. The number of nitrogens with zero attached hydrogens (tertiary/aromatic N) is 2. The molecule has 1 aromatic carbocycles. The van der Waals surface area contributed by atoms with Crippen LogP contribution in [-0.2, 0) is 4.79 Å². The van der Waals surface area contributed by atoms with E-state index in [-0.39, 0.29) is 23.9 Å². The molecule has 0 bridgehead atoms. The van der Waals surface area contributed by atoms with Gasteiger partial charge in [0.2, 0.25) is 11.9 Å². The van der Waals surface area contributed by atoms with Crippen LogP contribution in [0.15, 0.2) is 29.4 Å². The van der Waals surface area contributed by atoms with Gasteiger partial charge >= 0.3 is 0 Å². The molecule has 2 heterocycles. The maximum atomic E-state index is 14.9. The number of piperidine rings is 1. The van der Waals surface area contributed by atoms with Crippen LogP contribution in [0.3, 0.4) is 0 Å². The largest absolute Gasteiger partial charge is 0.367 e. The van der Waals surface area contributed by atoms with Crippen LogP contribution in [0, 0.1) is 17.0 Å². The average Bonchev–Trinajstić information content (AvgIpc) is 2.67. The molecule has 1 unspecified atom stereocenters. The van der Waals surface area contributed by atoms with E-state index in [1.807, 2.05) is 4.90 Å². The first-order valence-electron chi connectivity index (χ1n) is 11.8. The van der Waals surface area contributed by atoms with Crippen LogP contribution in [0.25, 0.3) is 0 Å². The summed E-state index contributed by atoms with van der Waals surface area (Å²) >= 11 is 0. The number of guanidine groups is 1. The summed E-state index contributed by atoms with van der Waals surface area (Å²) in [6.07, 6.45) is 7.13. The quantitative estimate of drug-likeness (QED) is 0.310. The highest BCUT2D eigenvalue weighted by molar-refractivity contribution is 5.80. The summed E-state index contributed by atoms with van der Waals surface area (Å²) in [6, 6.07) is 3.37. The second-order valence-electron chi connectivity index (χ2n) is 10.0. The number of allylic oxidation sites excluding steroid dienone is 1. The van der Waals surface area contributed by atoms with Crippen LogP contribution < -0.4 is 26.4 Å². The molecule has 178 valence electrons. The van der Waals surface area contributed by atoms with Gasteiger partial charge in [-0.15, -0.1) is 0 Å². The van der Waals surface area contributed by atoms with E-state index in [2.05, 4.69) is 33.1 Å². The molecule has 1 atom stereocenters. The van der Waals surface area contributed by atoms with Crippen molar-refractivity contribution in [2.45, 2.75) is 62.9 Å². The van der Waals surface area contributed by atoms with Gasteiger partial charge in [0.25, 0.3) is 0 Å². The Labute approximate surface area is 193 Å². The summed E-state index contributed by atoms with van der Waals surface area (Å²) in [7, 11) is 1.73. The van der Waals surface area contributed by atoms with Crippen molar-refractivity contribution in [3.63, 3.8) is 0 Å². The number of halogens is 2. The van der Waals surface area contributed by atoms with Gasteiger partial charge in [-0.05, 0) is 49.7 Å². The highest BCUT2D eigenvalue weighted by Crippen LogP contribution is 2.55. The van der Waals surface area contributed by atoms with Gasteiger partial charge < -0.3 is 15.5 Å². The highest BCUT2D eigenvalue weighted by atomic mass is 19.1. The first-order chi connectivity index (χ1) is 15.9. The van der Waals surface area contributed by atoms with Gasteiger partial charge in [0.15, 0.2) is 0 Å². The molecule has 2 aliphatic carbocycles. The summed E-state index contributed by atoms with van der Waals surface area (Å²) in [5, 5.41) is 5.95. The number of hydrazine groups is 1. The molecule has 2 saturated heterocycles. The molecule has 1 amide bonds. The van der Waals surface area contributed by atoms with Gasteiger partial charge in [0.05, 0.1) is 6.04 Å². The molecule has 0 aromatic heterocycles. The summed E-state index contributed by atoms with van der Waals surface area (Å²) in [4.78, 5) is 17.7. The minimum absolute atomic E-state index is 0.0192. The molecule has 1 aromatic rings. The van der Waals surface area contributed by atoms with E-state index in [0.717, 1.165) is 0 Å². The normalized spacial score (nSPS) is 25.2. The van der Waals surface area contributed by atoms with Crippen molar-refractivity contribution in [3.05, 3.63) is 41.6 Å². The van der Waals surface area contributed by atoms with Crippen molar-refractivity contribution in [2.24, 2.45) is 10.4 Å². The van der Waals surface area contributed by atoms with Gasteiger partial charge in [0.1, 0.15) is 11.6 Å². The van der Waals surface area contributed by atoms with E-state index in [1.54, 1.807) is 7.05 Å². The number of rotatable bonds is 5. The molecule has 0 radical (unpaired) electrons. The molecule has 7 nitrogen and oxygen atoms in total. The lowest BCUT2D eigenvalue weighted by Crippen LogP contribution is -2.64. The molecule has 33 heavy (non-hydrogen) atoms. The summed E-state index contributed by atoms with van der Waals surface area (Å²) in [5.74, 6) is -1.23. The second kappa shape index (κ2) is 8.59. The molecule has 9 heteroatoms. The van der Waals surface area contributed by atoms with Crippen LogP contribution in [0.1, 0.15) is 56.4 Å². The van der Waals surface area contributed by atoms with Crippen molar-refractivity contribution < 1.29 is 13.6 Å². The lowest BCUT2D eigenvalue weighted by molar-refractivity contribution is -0.121. The molecule has 5 rings (SSSR count). The molecule has 1 spiro atoms. The molecule has 4 N–H and O–H groups in total. The molecule has 2 aliphatic heterocycles. The Bertz CT molecular complexity index is 954. The van der Waals surface area contributed by atoms with Gasteiger partial charge in [-0.2, -0.15) is 0 Å². The Balaban J connectivity index is 1.12. The Kier molecular flexibility index (Phi) is 5.76. The van der Waals surface area contributed by atoms with E-state index >= 15 is 0 Å². The maximum absolute atomic E-state index is 14.9. The monoisotopic (exact) mass is 458 g/mol. The first-order valence-corrected chi connectivity index (χ1v) is 11.8. The number of hydrogen-bond acceptors (Lipinski definition) is 4. The van der Waals surface area contributed by atoms with E-state index < -0.39 is 17.6 Å². The van der Waals surface area contributed by atoms with Gasteiger partial charge in [-0.25, -0.2) is 14.2 Å². The Morgan fingerprint density at radius 3 is 2.48 bits per heavy atom. The van der Waals surface area contributed by atoms with Crippen molar-refractivity contribution in [1.29, 1.82) is 0 Å². The Morgan fingerprint density at radius 1 is 1.21 bits per heavy atom. The van der Waals surface area contributed by atoms with Crippen molar-refractivity contribution in [1.82, 2.24) is 21.5 Å². The van der Waals surface area contributed by atoms with Crippen LogP contribution >= 0.6 is 0 Å². The maximum Gasteiger partial charge on any atom is 0.224 e. The van der Waals surface area contributed by atoms with E-state index in [9.17, 15) is 13.6 Å². The van der Waals surface area contributed by atoms with Crippen LogP contribution in [0.4, 0.5) is 14.5 Å². The summed E-state index contributed by atoms with van der Waals surface area (Å²) in [5.41, 5.74) is 8.01. The zero-order valence-electron chi connectivity index (χ0n) is 19.0. The number of benzene rings is 1. The van der Waals surface area contributed by atoms with E-state index in [1.165, 1.54) is 44.2 Å². The molecule has 4 fully saturated rings. The van der Waals surface area contributed by atoms with Gasteiger partial charge in [0, 0.05) is 55.5 Å². The van der Waals surface area contributed by atoms with Gasteiger partial charge in [-0.3, -0.25) is 15.2 Å². The second-order valence-corrected chi connectivity index (χ2v) is 10.0. The molecule has 4 aliphatic rings. The molecular formula is C24H32F2N6O. The minimum atomic E-state index is -0.602. The smallest absolute Gasteiger partial charge is 0.224 e. The fourth-order valence-corrected chi connectivity index (χ4v) is 5.66. The Hall–Kier alpha value is -2.68. The van der Waals surface area contributed by atoms with Crippen LogP contribution in [-0.4, -0.2) is 44.1 Å². The summed E-state index contributed by atoms with van der Waals surface area (Å²) < 4.78 is 29.7. The minimum Gasteiger partial charge on any atom is -0.367 e. The fourth-order valence-electron chi connectivity index (χ4n) is 5.66. The lowest BCUT2D eigenvalue weighted by atomic mass is 9.54. The van der Waals surface area contributed by atoms with Gasteiger partial charge in [-0.1, -0.05) is 13.0 Å². The standard InChI is InChI=1S/C24H32F2N6O/c1-14-18(4-5-21(33)28-14)22-19(25)8-17(9-20(22)26)32-12-16(13-32)29-23(27-2)31-30-15-10-24(11-15)6-3-7-24/h8-9,15-16,18,30H,1,3-7,10-13H2,2H3,(H,28,33)(H2,27,29,31). The predicted octanol–water partition coefficient (Wildman–Crippen LogP) is 2.66. The zero-order valence-corrected chi connectivity index (χ0v) is 19.0. The van der Waals surface area contributed by atoms with Crippen LogP contribution in [0.5, 0.6) is 0 Å². The average molecular weight is 459 g/mol. The van der Waals surface area contributed by atoms with Crippen molar-refractivity contribution in [2.75, 3.05) is 25.0 Å². The van der Waals surface area contributed by atoms with Crippen molar-refractivity contribution >= 4 is 17.6 Å². The van der Waals surface area contributed by atoms with E-state index in [4.69, 9.17) is 0 Å². The third kappa shape index (κ3) is 4.30. The predicted molar refractivity (Wildman–Crippen MR) is 124 cm³/mol. The number of aliphatic imine (C=N–C) groups is 1. The topological polar surface area (TPSA) is 80.8 Å². The highest BCUT2D eigenvalue weighted by Gasteiger charge is 2.48. The third-order valence-electron chi connectivity index (χ3n) is 7.77. The third-order valence-corrected chi connectivity index (χ3v) is 7.77. The zero-order chi connectivity index (χ0) is 23.2. The number of amides is 1. The Morgan fingerprint density at radius 2 is 1.91 bits per heavy atom. The first kappa shape index (κ1) is 22.1. The number of carbonyl (C=O) groups excluding carboxylic acids is 1. The van der Waals surface area contributed by atoms with E-state index in [0.29, 0.717) is 48.3 Å². The number of hydrogen-bond donors (Lipinski definition) is 4. The number of carbonyl (C=O) groups is 1. The number of nitrogens with one attached hydrogen (secondary N) is 4. The number of anilines is 1. The van der Waals surface area contributed by atoms with Crippen molar-refractivity contribution in [3.8, 4) is 0 Å². The SMILES string of the molecule is C=C1NC(=O)CCC1c1c(F)cc(N2CC(NC(=NC)NNC3CC4(CCC4)C3)C2)cc1F. The molecular weight excluding hydrogens is 426 g/mol. The summed E-state index contributed by atoms with van der Waals surface area (Å²) in [6.45, 7) is 5.02.